The fourth-order valence-corrected chi connectivity index (χ4v) is 4.31. The molecule has 0 bridgehead atoms. The first-order valence-corrected chi connectivity index (χ1v) is 10.5. The number of nitrogens with zero attached hydrogens (tertiary/aromatic N) is 3. The van der Waals surface area contributed by atoms with E-state index in [1.165, 1.54) is 12.1 Å². The lowest BCUT2D eigenvalue weighted by atomic mass is 9.76. The summed E-state index contributed by atoms with van der Waals surface area (Å²) in [5.41, 5.74) is 4.42. The second-order valence-electron chi connectivity index (χ2n) is 8.67. The van der Waals surface area contributed by atoms with Crippen LogP contribution < -0.4 is 0 Å². The van der Waals surface area contributed by atoms with Gasteiger partial charge in [0.05, 0.1) is 16.2 Å². The number of carbonyl (C=O) groups excluding carboxylic acids is 1. The maximum absolute atomic E-state index is 12.5. The van der Waals surface area contributed by atoms with Crippen LogP contribution in [0.3, 0.4) is 0 Å². The molecule has 1 aliphatic carbocycles. The van der Waals surface area contributed by atoms with Crippen molar-refractivity contribution in [2.75, 3.05) is 0 Å². The summed E-state index contributed by atoms with van der Waals surface area (Å²) in [5.74, 6) is -0.776. The van der Waals surface area contributed by atoms with Crippen LogP contribution in [0.25, 0.3) is 5.69 Å². The average Bonchev–Trinajstić information content (AvgIpc) is 3.07. The van der Waals surface area contributed by atoms with E-state index in [0.717, 1.165) is 35.1 Å². The molecule has 164 valence electrons. The largest absolute Gasteiger partial charge is 0.365 e. The molecule has 0 fully saturated rings. The lowest BCUT2D eigenvalue weighted by Crippen LogP contribution is -2.28. The third-order valence-corrected chi connectivity index (χ3v) is 5.84. The molecule has 0 saturated heterocycles. The number of aromatic nitrogens is 1. The van der Waals surface area contributed by atoms with E-state index in [9.17, 15) is 14.9 Å². The van der Waals surface area contributed by atoms with Crippen molar-refractivity contribution in [2.45, 2.75) is 33.6 Å². The zero-order valence-corrected chi connectivity index (χ0v) is 18.7. The maximum Gasteiger partial charge on any atom is 0.365 e. The maximum atomic E-state index is 12.5. The molecule has 0 atom stereocenters. The number of nitro benzene ring substituents is 1. The van der Waals surface area contributed by atoms with Gasteiger partial charge in [0.2, 0.25) is 0 Å². The molecule has 0 N–H and O–H groups in total. The fourth-order valence-electron chi connectivity index (χ4n) is 4.13. The molecule has 32 heavy (non-hydrogen) atoms. The van der Waals surface area contributed by atoms with E-state index in [1.54, 1.807) is 0 Å². The molecule has 1 aromatic heterocycles. The summed E-state index contributed by atoms with van der Waals surface area (Å²) in [4.78, 5) is 28.2. The second kappa shape index (κ2) is 8.24. The number of benzene rings is 2. The van der Waals surface area contributed by atoms with Gasteiger partial charge in [0.15, 0.2) is 0 Å². The van der Waals surface area contributed by atoms with Gasteiger partial charge in [-0.3, -0.25) is 10.1 Å². The van der Waals surface area contributed by atoms with Gasteiger partial charge in [-0.15, -0.1) is 0 Å². The van der Waals surface area contributed by atoms with E-state index in [4.69, 9.17) is 16.4 Å². The van der Waals surface area contributed by atoms with Crippen LogP contribution in [0, 0.1) is 22.5 Å². The minimum Gasteiger partial charge on any atom is -0.318 e. The Bertz CT molecular complexity index is 1250. The summed E-state index contributed by atoms with van der Waals surface area (Å²) in [5, 5.41) is 15.2. The molecule has 1 aliphatic rings. The van der Waals surface area contributed by atoms with Crippen molar-refractivity contribution < 1.29 is 14.6 Å². The zero-order valence-electron chi connectivity index (χ0n) is 18.0. The monoisotopic (exact) mass is 451 g/mol. The molecule has 2 aromatic carbocycles. The molecule has 0 spiro atoms. The molecule has 3 aromatic rings. The Morgan fingerprint density at radius 3 is 2.56 bits per heavy atom. The van der Waals surface area contributed by atoms with Gasteiger partial charge in [0.1, 0.15) is 5.02 Å². The van der Waals surface area contributed by atoms with E-state index in [0.29, 0.717) is 12.1 Å². The molecule has 0 radical (unpaired) electrons. The van der Waals surface area contributed by atoms with Crippen LogP contribution in [-0.2, 0) is 11.3 Å². The first kappa shape index (κ1) is 21.8. The third-order valence-electron chi connectivity index (χ3n) is 5.52. The highest BCUT2D eigenvalue weighted by Gasteiger charge is 2.34. The minimum absolute atomic E-state index is 0.0128. The molecule has 4 rings (SSSR count). The van der Waals surface area contributed by atoms with Crippen molar-refractivity contribution in [2.24, 2.45) is 10.6 Å². The van der Waals surface area contributed by atoms with Crippen molar-refractivity contribution in [3.05, 3.63) is 92.2 Å². The Hall–Kier alpha value is -3.45. The summed E-state index contributed by atoms with van der Waals surface area (Å²) in [6, 6.07) is 15.9. The van der Waals surface area contributed by atoms with Crippen LogP contribution in [0.4, 0.5) is 5.69 Å². The molecule has 8 heteroatoms. The first-order valence-electron chi connectivity index (χ1n) is 10.2. The molecule has 0 aliphatic heterocycles. The van der Waals surface area contributed by atoms with Crippen molar-refractivity contribution in [1.82, 2.24) is 4.57 Å². The molecular formula is C24H22ClN3O4. The number of halogens is 1. The Morgan fingerprint density at radius 1 is 1.16 bits per heavy atom. The number of fused-ring (bicyclic) bond motifs is 1. The Kier molecular flexibility index (Phi) is 5.60. The van der Waals surface area contributed by atoms with Crippen LogP contribution in [0.2, 0.25) is 5.02 Å². The van der Waals surface area contributed by atoms with Gasteiger partial charge in [0.25, 0.3) is 5.69 Å². The lowest BCUT2D eigenvalue weighted by molar-refractivity contribution is -0.384. The summed E-state index contributed by atoms with van der Waals surface area (Å²) in [6.45, 7) is 6.33. The van der Waals surface area contributed by atoms with Crippen molar-refractivity contribution in [1.29, 1.82) is 0 Å². The van der Waals surface area contributed by atoms with Crippen LogP contribution >= 0.6 is 11.6 Å². The number of carbonyl (C=O) groups is 1. The molecule has 0 amide bonds. The van der Waals surface area contributed by atoms with Gasteiger partial charge in [-0.25, -0.2) is 4.79 Å². The third kappa shape index (κ3) is 4.16. The smallest absolute Gasteiger partial charge is 0.318 e. The quantitative estimate of drug-likeness (QED) is 0.281. The first-order chi connectivity index (χ1) is 15.2. The predicted octanol–water partition coefficient (Wildman–Crippen LogP) is 5.88. The van der Waals surface area contributed by atoms with Crippen LogP contribution in [0.1, 0.15) is 47.6 Å². The Morgan fingerprint density at radius 2 is 1.88 bits per heavy atom. The summed E-state index contributed by atoms with van der Waals surface area (Å²) < 4.78 is 2.20. The van der Waals surface area contributed by atoms with Gasteiger partial charge in [0, 0.05) is 28.7 Å². The molecular weight excluding hydrogens is 430 g/mol. The highest BCUT2D eigenvalue weighted by atomic mass is 35.5. The second-order valence-corrected chi connectivity index (χ2v) is 9.08. The Balaban J connectivity index is 1.69. The minimum atomic E-state index is -0.776. The van der Waals surface area contributed by atoms with E-state index in [2.05, 4.69) is 41.8 Å². The number of hydrogen-bond donors (Lipinski definition) is 0. The van der Waals surface area contributed by atoms with E-state index in [1.807, 2.05) is 25.1 Å². The number of para-hydroxylation sites is 1. The van der Waals surface area contributed by atoms with Gasteiger partial charge in [-0.1, -0.05) is 48.8 Å². The van der Waals surface area contributed by atoms with Crippen LogP contribution in [0.15, 0.2) is 59.8 Å². The van der Waals surface area contributed by atoms with E-state index >= 15 is 0 Å². The zero-order chi connectivity index (χ0) is 23.0. The number of oxime groups is 1. The van der Waals surface area contributed by atoms with Crippen LogP contribution in [-0.4, -0.2) is 21.2 Å². The predicted molar refractivity (Wildman–Crippen MR) is 123 cm³/mol. The molecule has 0 unspecified atom stereocenters. The molecule has 7 nitrogen and oxygen atoms in total. The normalized spacial score (nSPS) is 15.9. The van der Waals surface area contributed by atoms with E-state index < -0.39 is 10.9 Å². The van der Waals surface area contributed by atoms with E-state index in [-0.39, 0.29) is 21.7 Å². The molecule has 1 heterocycles. The number of nitro groups is 1. The lowest BCUT2D eigenvalue weighted by Gasteiger charge is -2.31. The van der Waals surface area contributed by atoms with Gasteiger partial charge < -0.3 is 9.40 Å². The van der Waals surface area contributed by atoms with Crippen molar-refractivity contribution >= 4 is 29.0 Å². The van der Waals surface area contributed by atoms with Crippen LogP contribution in [0.5, 0.6) is 0 Å². The standard InChI is InChI=1S/C24H22ClN3O4/c1-15-11-18-20(26-32-23(29)16-9-10-19(25)21(12-16)28(30)31)13-24(2,3)14-22(18)27(15)17-7-5-4-6-8-17/h4-12H,13-14H2,1-3H3/b26-20+. The average molecular weight is 452 g/mol. The topological polar surface area (TPSA) is 86.7 Å². The highest BCUT2D eigenvalue weighted by Crippen LogP contribution is 2.38. The van der Waals surface area contributed by atoms with Gasteiger partial charge in [-0.2, -0.15) is 0 Å². The summed E-state index contributed by atoms with van der Waals surface area (Å²) in [7, 11) is 0. The summed E-state index contributed by atoms with van der Waals surface area (Å²) >= 11 is 5.83. The fraction of sp³-hybridized carbons (Fsp3) is 0.250. The van der Waals surface area contributed by atoms with Gasteiger partial charge >= 0.3 is 5.97 Å². The molecule has 0 saturated carbocycles. The number of aryl methyl sites for hydroxylation is 1. The number of hydrogen-bond acceptors (Lipinski definition) is 5. The number of rotatable bonds is 4. The van der Waals surface area contributed by atoms with Crippen molar-refractivity contribution in [3.8, 4) is 5.69 Å². The highest BCUT2D eigenvalue weighted by molar-refractivity contribution is 6.32. The van der Waals surface area contributed by atoms with Crippen molar-refractivity contribution in [3.63, 3.8) is 0 Å². The Labute approximate surface area is 190 Å². The summed E-state index contributed by atoms with van der Waals surface area (Å²) in [6.07, 6.45) is 1.48. The SMILES string of the molecule is Cc1cc2c(n1-c1ccccc1)CC(C)(C)C/C2=N\OC(=O)c1ccc(Cl)c([N+](=O)[O-])c1. The van der Waals surface area contributed by atoms with Gasteiger partial charge in [-0.05, 0) is 55.5 Å².